The Hall–Kier alpha value is -0.256. The Morgan fingerprint density at radius 3 is 1.85 bits per heavy atom. The molecule has 0 atom stereocenters. The maximum atomic E-state index is 12.1. The lowest BCUT2D eigenvalue weighted by atomic mass is 10.2. The first kappa shape index (κ1) is 25.7. The molecule has 0 heterocycles. The fourth-order valence-electron chi connectivity index (χ4n) is 2.24. The summed E-state index contributed by atoms with van der Waals surface area (Å²) in [5.41, 5.74) is 0. The minimum absolute atomic E-state index is 0.0435. The first-order valence-electron chi connectivity index (χ1n) is 9.88. The number of carbonyl (C=O) groups is 1. The average Bonchev–Trinajstić information content (AvgIpc) is 2.50. The lowest BCUT2D eigenvalue weighted by Crippen LogP contribution is -2.46. The predicted octanol–water partition coefficient (Wildman–Crippen LogP) is 3.95. The summed E-state index contributed by atoms with van der Waals surface area (Å²) in [6.45, 7) is 19.7. The van der Waals surface area contributed by atoms with Crippen molar-refractivity contribution in [2.24, 2.45) is 0 Å². The van der Waals surface area contributed by atoms with E-state index in [0.717, 1.165) is 19.0 Å². The average molecular weight is 408 g/mol. The van der Waals surface area contributed by atoms with Gasteiger partial charge in [0.05, 0.1) is 6.42 Å². The molecule has 0 fully saturated rings. The Morgan fingerprint density at radius 1 is 0.923 bits per heavy atom. The largest absolute Gasteiger partial charge is 0.519 e. The van der Waals surface area contributed by atoms with Gasteiger partial charge in [-0.2, -0.15) is 0 Å². The Balaban J connectivity index is 4.16. The third-order valence-electron chi connectivity index (χ3n) is 4.61. The van der Waals surface area contributed by atoms with Gasteiger partial charge in [-0.05, 0) is 51.9 Å². The maximum absolute atomic E-state index is 12.1. The molecular formula is C18H41NO5Si2. The Bertz CT molecular complexity index is 383. The summed E-state index contributed by atoms with van der Waals surface area (Å²) in [5, 5.41) is 3.35. The van der Waals surface area contributed by atoms with Gasteiger partial charge < -0.3 is 23.0 Å². The quantitative estimate of drug-likeness (QED) is 0.347. The second-order valence-corrected chi connectivity index (χ2v) is 15.3. The van der Waals surface area contributed by atoms with Gasteiger partial charge in [-0.25, -0.2) is 0 Å². The van der Waals surface area contributed by atoms with E-state index in [1.807, 2.05) is 20.8 Å². The van der Waals surface area contributed by atoms with Gasteiger partial charge in [-0.1, -0.05) is 20.8 Å². The molecule has 0 radical (unpaired) electrons. The van der Waals surface area contributed by atoms with Gasteiger partial charge in [0, 0.05) is 32.4 Å². The Kier molecular flexibility index (Phi) is 12.1. The molecular weight excluding hydrogens is 366 g/mol. The first-order valence-corrected chi connectivity index (χ1v) is 14.7. The van der Waals surface area contributed by atoms with E-state index in [0.29, 0.717) is 32.8 Å². The van der Waals surface area contributed by atoms with Crippen molar-refractivity contribution in [1.29, 1.82) is 0 Å². The summed E-state index contributed by atoms with van der Waals surface area (Å²) < 4.78 is 23.3. The lowest BCUT2D eigenvalue weighted by molar-refractivity contribution is -0.135. The highest BCUT2D eigenvalue weighted by molar-refractivity contribution is 6.75. The molecule has 0 spiro atoms. The van der Waals surface area contributed by atoms with Crippen LogP contribution in [0.4, 0.5) is 0 Å². The van der Waals surface area contributed by atoms with Gasteiger partial charge in [-0.3, -0.25) is 4.79 Å². The third-order valence-corrected chi connectivity index (χ3v) is 12.1. The van der Waals surface area contributed by atoms with Crippen LogP contribution in [0.5, 0.6) is 0 Å². The molecule has 156 valence electrons. The van der Waals surface area contributed by atoms with E-state index in [1.165, 1.54) is 0 Å². The molecule has 0 aromatic heterocycles. The van der Waals surface area contributed by atoms with Gasteiger partial charge in [0.15, 0.2) is 0 Å². The molecule has 6 nitrogen and oxygen atoms in total. The van der Waals surface area contributed by atoms with Crippen LogP contribution in [0.15, 0.2) is 0 Å². The van der Waals surface area contributed by atoms with Crippen LogP contribution >= 0.6 is 0 Å². The molecule has 0 aliphatic rings. The van der Waals surface area contributed by atoms with Crippen LogP contribution in [0.1, 0.15) is 54.4 Å². The Morgan fingerprint density at radius 2 is 1.42 bits per heavy atom. The minimum Gasteiger partial charge on any atom is -0.519 e. The highest BCUT2D eigenvalue weighted by Crippen LogP contribution is 2.36. The van der Waals surface area contributed by atoms with Gasteiger partial charge in [0.2, 0.25) is 0 Å². The van der Waals surface area contributed by atoms with Crippen LogP contribution in [0.25, 0.3) is 0 Å². The van der Waals surface area contributed by atoms with Crippen LogP contribution in [0.2, 0.25) is 24.2 Å². The van der Waals surface area contributed by atoms with Crippen molar-refractivity contribution in [3.8, 4) is 0 Å². The number of hydrogen-bond acceptors (Lipinski definition) is 6. The number of carbonyl (C=O) groups excluding carboxylic acids is 1. The smallest absolute Gasteiger partial charge is 0.500 e. The normalized spacial score (nSPS) is 13.1. The van der Waals surface area contributed by atoms with Crippen LogP contribution < -0.4 is 5.32 Å². The van der Waals surface area contributed by atoms with E-state index >= 15 is 0 Å². The Labute approximate surface area is 162 Å². The highest BCUT2D eigenvalue weighted by Gasteiger charge is 2.40. The molecule has 8 heteroatoms. The molecule has 0 saturated heterocycles. The van der Waals surface area contributed by atoms with Crippen LogP contribution in [-0.2, 0) is 22.5 Å². The van der Waals surface area contributed by atoms with E-state index in [4.69, 9.17) is 17.7 Å². The third kappa shape index (κ3) is 9.61. The van der Waals surface area contributed by atoms with Gasteiger partial charge in [-0.15, -0.1) is 0 Å². The number of hydrogen-bond donors (Lipinski definition) is 1. The maximum Gasteiger partial charge on any atom is 0.500 e. The van der Waals surface area contributed by atoms with Gasteiger partial charge in [0.25, 0.3) is 14.3 Å². The van der Waals surface area contributed by atoms with Crippen molar-refractivity contribution < 1.29 is 22.5 Å². The summed E-state index contributed by atoms with van der Waals surface area (Å²) in [6.07, 6.45) is 1.29. The molecule has 0 amide bonds. The fraction of sp³-hybridized carbons (Fsp3) is 0.944. The molecule has 26 heavy (non-hydrogen) atoms. The summed E-state index contributed by atoms with van der Waals surface area (Å²) in [5.74, 6) is -0.106. The van der Waals surface area contributed by atoms with E-state index in [-0.39, 0.29) is 11.0 Å². The van der Waals surface area contributed by atoms with E-state index in [9.17, 15) is 4.79 Å². The monoisotopic (exact) mass is 407 g/mol. The minimum atomic E-state index is -2.56. The summed E-state index contributed by atoms with van der Waals surface area (Å²) >= 11 is 0. The predicted molar refractivity (Wildman–Crippen MR) is 111 cm³/mol. The number of nitrogens with one attached hydrogen (secondary N) is 1. The summed E-state index contributed by atoms with van der Waals surface area (Å²) in [4.78, 5) is 12.1. The van der Waals surface area contributed by atoms with Crippen molar-refractivity contribution in [1.82, 2.24) is 5.32 Å². The zero-order chi connectivity index (χ0) is 20.3. The molecule has 0 aromatic rings. The molecule has 0 saturated carbocycles. The van der Waals surface area contributed by atoms with Gasteiger partial charge in [0.1, 0.15) is 0 Å². The van der Waals surface area contributed by atoms with Crippen molar-refractivity contribution in [2.45, 2.75) is 78.6 Å². The second-order valence-electron chi connectivity index (χ2n) is 7.82. The van der Waals surface area contributed by atoms with Crippen LogP contribution in [0, 0.1) is 0 Å². The lowest BCUT2D eigenvalue weighted by Gasteiger charge is -2.35. The van der Waals surface area contributed by atoms with Crippen molar-refractivity contribution in [3.05, 3.63) is 0 Å². The van der Waals surface area contributed by atoms with Crippen molar-refractivity contribution >= 4 is 23.1 Å². The summed E-state index contributed by atoms with van der Waals surface area (Å²) in [6, 6.07) is 0.782. The molecule has 0 aromatic carbocycles. The SMILES string of the molecule is CCO[Si](CCCNCCC(=O)O[Si](C)(C)C(C)(C)C)(OCC)OCC. The highest BCUT2D eigenvalue weighted by atomic mass is 28.4. The van der Waals surface area contributed by atoms with Crippen LogP contribution in [0.3, 0.4) is 0 Å². The molecule has 0 aliphatic carbocycles. The molecule has 0 bridgehead atoms. The fourth-order valence-corrected chi connectivity index (χ4v) is 5.83. The van der Waals surface area contributed by atoms with E-state index in [2.05, 4.69) is 39.2 Å². The first-order chi connectivity index (χ1) is 12.0. The standard InChI is InChI=1S/C18H41NO5Si2/c1-9-21-26(22-10-2,23-11-3)16-12-14-19-15-13-17(20)24-25(7,8)18(4,5)6/h19H,9-16H2,1-8H3. The summed E-state index contributed by atoms with van der Waals surface area (Å²) in [7, 11) is -4.57. The molecule has 0 rings (SSSR count). The zero-order valence-corrected chi connectivity index (χ0v) is 20.2. The topological polar surface area (TPSA) is 66.0 Å². The van der Waals surface area contributed by atoms with Crippen molar-refractivity contribution in [3.63, 3.8) is 0 Å². The van der Waals surface area contributed by atoms with E-state index < -0.39 is 17.1 Å². The van der Waals surface area contributed by atoms with Crippen molar-refractivity contribution in [2.75, 3.05) is 32.9 Å². The molecule has 1 N–H and O–H groups in total. The number of rotatable bonds is 14. The molecule has 0 aliphatic heterocycles. The molecule has 0 unspecified atom stereocenters. The zero-order valence-electron chi connectivity index (χ0n) is 18.2. The van der Waals surface area contributed by atoms with Crippen LogP contribution in [-0.4, -0.2) is 56.0 Å². The second kappa shape index (κ2) is 12.3. The van der Waals surface area contributed by atoms with E-state index in [1.54, 1.807) is 0 Å². The van der Waals surface area contributed by atoms with Gasteiger partial charge >= 0.3 is 8.80 Å².